The summed E-state index contributed by atoms with van der Waals surface area (Å²) in [7, 11) is 0. The molecule has 0 radical (unpaired) electrons. The van der Waals surface area contributed by atoms with E-state index >= 15 is 0 Å². The molecule has 0 saturated heterocycles. The van der Waals surface area contributed by atoms with Crippen LogP contribution in [0.2, 0.25) is 0 Å². The van der Waals surface area contributed by atoms with Gasteiger partial charge in [0.15, 0.2) is 0 Å². The molecule has 0 N–H and O–H groups in total. The van der Waals surface area contributed by atoms with Crippen molar-refractivity contribution in [2.24, 2.45) is 11.8 Å². The van der Waals surface area contributed by atoms with Gasteiger partial charge in [0.05, 0.1) is 6.61 Å². The maximum atomic E-state index is 5.83. The van der Waals surface area contributed by atoms with Gasteiger partial charge in [-0.05, 0) is 49.7 Å². The molecule has 0 bridgehead atoms. The average Bonchev–Trinajstić information content (AvgIpc) is 2.44. The van der Waals surface area contributed by atoms with Gasteiger partial charge in [0, 0.05) is 4.83 Å². The van der Waals surface area contributed by atoms with Gasteiger partial charge in [-0.2, -0.15) is 0 Å². The lowest BCUT2D eigenvalue weighted by molar-refractivity contribution is 0.212. The van der Waals surface area contributed by atoms with Gasteiger partial charge in [-0.15, -0.1) is 0 Å². The Morgan fingerprint density at radius 3 is 2.68 bits per heavy atom. The van der Waals surface area contributed by atoms with Gasteiger partial charge in [-0.25, -0.2) is 0 Å². The summed E-state index contributed by atoms with van der Waals surface area (Å²) in [5.41, 5.74) is 0. The molecule has 1 aliphatic rings. The van der Waals surface area contributed by atoms with E-state index < -0.39 is 0 Å². The van der Waals surface area contributed by atoms with Gasteiger partial charge < -0.3 is 4.74 Å². The summed E-state index contributed by atoms with van der Waals surface area (Å²) in [5.74, 6) is 2.73. The van der Waals surface area contributed by atoms with Crippen LogP contribution in [-0.2, 0) is 0 Å². The third kappa shape index (κ3) is 4.83. The minimum Gasteiger partial charge on any atom is -0.494 e. The molecule has 3 atom stereocenters. The molecule has 1 saturated carbocycles. The van der Waals surface area contributed by atoms with E-state index in [-0.39, 0.29) is 0 Å². The summed E-state index contributed by atoms with van der Waals surface area (Å²) in [6.45, 7) is 3.14. The Kier molecular flexibility index (Phi) is 6.22. The average molecular weight is 325 g/mol. The van der Waals surface area contributed by atoms with Crippen LogP contribution in [0.25, 0.3) is 0 Å². The topological polar surface area (TPSA) is 9.23 Å². The van der Waals surface area contributed by atoms with Gasteiger partial charge in [-0.3, -0.25) is 0 Å². The smallest absolute Gasteiger partial charge is 0.119 e. The molecule has 1 aromatic rings. The maximum absolute atomic E-state index is 5.83. The standard InChI is InChI=1S/C17H25BrO/c1-2-6-14-9-10-17(18)15(13-14)11-12-19-16-7-4-3-5-8-16/h3-5,7-8,14-15,17H,2,6,9-13H2,1H3. The van der Waals surface area contributed by atoms with Gasteiger partial charge >= 0.3 is 0 Å². The molecule has 0 spiro atoms. The van der Waals surface area contributed by atoms with E-state index in [4.69, 9.17) is 4.74 Å². The molecule has 0 aliphatic heterocycles. The van der Waals surface area contributed by atoms with E-state index in [0.29, 0.717) is 4.83 Å². The lowest BCUT2D eigenvalue weighted by Gasteiger charge is -2.33. The van der Waals surface area contributed by atoms with E-state index in [2.05, 4.69) is 22.9 Å². The Balaban J connectivity index is 1.74. The molecule has 1 aromatic carbocycles. The molecule has 2 rings (SSSR count). The number of para-hydroxylation sites is 1. The Morgan fingerprint density at radius 2 is 1.95 bits per heavy atom. The van der Waals surface area contributed by atoms with E-state index in [1.54, 1.807) is 0 Å². The van der Waals surface area contributed by atoms with Crippen LogP contribution in [0.3, 0.4) is 0 Å². The number of alkyl halides is 1. The van der Waals surface area contributed by atoms with Crippen molar-refractivity contribution in [3.63, 3.8) is 0 Å². The van der Waals surface area contributed by atoms with Crippen LogP contribution in [0.4, 0.5) is 0 Å². The van der Waals surface area contributed by atoms with Gasteiger partial charge in [-0.1, -0.05) is 53.9 Å². The zero-order chi connectivity index (χ0) is 13.5. The summed E-state index contributed by atoms with van der Waals surface area (Å²) in [5, 5.41) is 0. The first-order valence-electron chi connectivity index (χ1n) is 7.61. The second kappa shape index (κ2) is 7.94. The summed E-state index contributed by atoms with van der Waals surface area (Å²) < 4.78 is 5.83. The summed E-state index contributed by atoms with van der Waals surface area (Å²) >= 11 is 3.86. The fourth-order valence-corrected chi connectivity index (χ4v) is 3.88. The van der Waals surface area contributed by atoms with Crippen LogP contribution < -0.4 is 4.74 Å². The highest BCUT2D eigenvalue weighted by atomic mass is 79.9. The van der Waals surface area contributed by atoms with Gasteiger partial charge in [0.2, 0.25) is 0 Å². The lowest BCUT2D eigenvalue weighted by Crippen LogP contribution is -2.26. The first kappa shape index (κ1) is 14.9. The molecular formula is C17H25BrO. The van der Waals surface area contributed by atoms with Crippen LogP contribution in [0.1, 0.15) is 45.4 Å². The van der Waals surface area contributed by atoms with Gasteiger partial charge in [0.25, 0.3) is 0 Å². The molecular weight excluding hydrogens is 300 g/mol. The van der Waals surface area contributed by atoms with Crippen molar-refractivity contribution in [1.82, 2.24) is 0 Å². The second-order valence-corrected chi connectivity index (χ2v) is 6.87. The van der Waals surface area contributed by atoms with Crippen molar-refractivity contribution in [3.8, 4) is 5.75 Å². The number of ether oxygens (including phenoxy) is 1. The monoisotopic (exact) mass is 324 g/mol. The van der Waals surface area contributed by atoms with Crippen molar-refractivity contribution in [1.29, 1.82) is 0 Å². The normalized spacial score (nSPS) is 27.2. The third-order valence-electron chi connectivity index (χ3n) is 4.20. The molecule has 1 fully saturated rings. The van der Waals surface area contributed by atoms with E-state index in [1.807, 2.05) is 30.3 Å². The fourth-order valence-electron chi connectivity index (χ4n) is 3.14. The minimum atomic E-state index is 0.694. The number of rotatable bonds is 6. The van der Waals surface area contributed by atoms with Crippen LogP contribution in [0.15, 0.2) is 30.3 Å². The largest absolute Gasteiger partial charge is 0.494 e. The zero-order valence-corrected chi connectivity index (χ0v) is 13.4. The Labute approximate surface area is 125 Å². The lowest BCUT2D eigenvalue weighted by atomic mass is 9.78. The SMILES string of the molecule is CCCC1CCC(Br)C(CCOc2ccccc2)C1. The first-order valence-corrected chi connectivity index (χ1v) is 8.53. The van der Waals surface area contributed by atoms with Crippen molar-refractivity contribution in [3.05, 3.63) is 30.3 Å². The molecule has 1 aliphatic carbocycles. The number of hydrogen-bond donors (Lipinski definition) is 0. The molecule has 19 heavy (non-hydrogen) atoms. The van der Waals surface area contributed by atoms with Gasteiger partial charge in [0.1, 0.15) is 5.75 Å². The summed E-state index contributed by atoms with van der Waals surface area (Å²) in [6, 6.07) is 10.2. The van der Waals surface area contributed by atoms with Crippen LogP contribution >= 0.6 is 15.9 Å². The molecule has 0 aromatic heterocycles. The van der Waals surface area contributed by atoms with Crippen LogP contribution in [0, 0.1) is 11.8 Å². The minimum absolute atomic E-state index is 0.694. The fraction of sp³-hybridized carbons (Fsp3) is 0.647. The van der Waals surface area contributed by atoms with Crippen molar-refractivity contribution >= 4 is 15.9 Å². The predicted octanol–water partition coefficient (Wildman–Crippen LogP) is 5.44. The quantitative estimate of drug-likeness (QED) is 0.633. The Morgan fingerprint density at radius 1 is 1.16 bits per heavy atom. The van der Waals surface area contributed by atoms with Crippen LogP contribution in [0.5, 0.6) is 5.75 Å². The second-order valence-electron chi connectivity index (χ2n) is 5.69. The van der Waals surface area contributed by atoms with Crippen molar-refractivity contribution in [2.45, 2.75) is 50.3 Å². The maximum Gasteiger partial charge on any atom is 0.119 e. The van der Waals surface area contributed by atoms with Crippen molar-refractivity contribution in [2.75, 3.05) is 6.61 Å². The molecule has 0 heterocycles. The Hall–Kier alpha value is -0.500. The predicted molar refractivity (Wildman–Crippen MR) is 85.0 cm³/mol. The molecule has 3 unspecified atom stereocenters. The van der Waals surface area contributed by atoms with E-state index in [0.717, 1.165) is 24.2 Å². The molecule has 1 nitrogen and oxygen atoms in total. The number of benzene rings is 1. The van der Waals surface area contributed by atoms with Crippen molar-refractivity contribution < 1.29 is 4.74 Å². The first-order chi connectivity index (χ1) is 9.29. The zero-order valence-electron chi connectivity index (χ0n) is 11.9. The van der Waals surface area contributed by atoms with E-state index in [1.165, 1.54) is 38.5 Å². The highest BCUT2D eigenvalue weighted by molar-refractivity contribution is 9.09. The third-order valence-corrected chi connectivity index (χ3v) is 5.40. The summed E-state index contributed by atoms with van der Waals surface area (Å²) in [6.07, 6.45) is 8.01. The molecule has 2 heteroatoms. The highest BCUT2D eigenvalue weighted by Crippen LogP contribution is 2.37. The van der Waals surface area contributed by atoms with Crippen LogP contribution in [-0.4, -0.2) is 11.4 Å². The highest BCUT2D eigenvalue weighted by Gasteiger charge is 2.28. The molecule has 106 valence electrons. The number of halogens is 1. The van der Waals surface area contributed by atoms with E-state index in [9.17, 15) is 0 Å². The number of hydrogen-bond acceptors (Lipinski definition) is 1. The molecule has 0 amide bonds. The summed E-state index contributed by atoms with van der Waals surface area (Å²) in [4.78, 5) is 0.694. The Bertz CT molecular complexity index is 352.